The maximum Gasteiger partial charge on any atom is 0.125 e. The smallest absolute Gasteiger partial charge is 0.125 e. The van der Waals surface area contributed by atoms with E-state index in [4.69, 9.17) is 0 Å². The highest BCUT2D eigenvalue weighted by molar-refractivity contribution is 7.71. The number of hydrogen-bond donors (Lipinski definition) is 2. The van der Waals surface area contributed by atoms with Crippen LogP contribution < -0.4 is 0 Å². The molecule has 2 N–H and O–H groups in total. The topological polar surface area (TPSA) is 31.6 Å². The fourth-order valence-corrected chi connectivity index (χ4v) is 0.606. The number of H-pyrrole nitrogens is 2. The van der Waals surface area contributed by atoms with Crippen molar-refractivity contribution in [1.82, 2.24) is 10.2 Å². The number of hydrogen-bond acceptors (Lipinski definition) is 1. The lowest BCUT2D eigenvalue weighted by molar-refractivity contribution is 0.484. The van der Waals surface area contributed by atoms with Crippen LogP contribution in [0.5, 0.6) is 0 Å². The van der Waals surface area contributed by atoms with Gasteiger partial charge in [0, 0.05) is 11.8 Å². The molecular weight excluding hydrogens is 127 g/mol. The van der Waals surface area contributed by atoms with Crippen LogP contribution in [0.1, 0.15) is 5.56 Å². The van der Waals surface area contributed by atoms with Gasteiger partial charge >= 0.3 is 0 Å². The summed E-state index contributed by atoms with van der Waals surface area (Å²) in [5.74, 6) is 0. The van der Waals surface area contributed by atoms with E-state index in [2.05, 4.69) is 22.4 Å². The van der Waals surface area contributed by atoms with Gasteiger partial charge in [-0.25, -0.2) is 4.39 Å². The number of rotatable bonds is 1. The average molecular weight is 132 g/mol. The summed E-state index contributed by atoms with van der Waals surface area (Å²) >= 11 is 4.66. The molecule has 1 aromatic heterocycles. The number of aromatic amines is 2. The highest BCUT2D eigenvalue weighted by atomic mass is 32.1. The zero-order valence-electron chi connectivity index (χ0n) is 4.07. The third-order valence-corrected chi connectivity index (χ3v) is 1.23. The molecule has 0 atom stereocenters. The zero-order chi connectivity index (χ0) is 5.98. The second kappa shape index (κ2) is 2.09. The average Bonchev–Trinajstić information content (AvgIpc) is 2.14. The molecule has 0 aliphatic carbocycles. The van der Waals surface area contributed by atoms with Gasteiger partial charge in [-0.15, -0.1) is 0 Å². The SMILES string of the molecule is FCc1c[nH][nH]c1=S. The van der Waals surface area contributed by atoms with E-state index in [-0.39, 0.29) is 0 Å². The molecule has 8 heavy (non-hydrogen) atoms. The van der Waals surface area contributed by atoms with Crippen molar-refractivity contribution >= 4 is 12.2 Å². The number of aromatic nitrogens is 2. The zero-order valence-corrected chi connectivity index (χ0v) is 4.89. The van der Waals surface area contributed by atoms with Gasteiger partial charge in [0.25, 0.3) is 0 Å². The Balaban J connectivity index is 3.11. The Morgan fingerprint density at radius 2 is 2.50 bits per heavy atom. The van der Waals surface area contributed by atoms with Crippen LogP contribution >= 0.6 is 12.2 Å². The minimum atomic E-state index is -0.501. The summed E-state index contributed by atoms with van der Waals surface area (Å²) in [7, 11) is 0. The van der Waals surface area contributed by atoms with E-state index in [1.54, 1.807) is 0 Å². The van der Waals surface area contributed by atoms with Gasteiger partial charge in [0.05, 0.1) is 0 Å². The van der Waals surface area contributed by atoms with Crippen molar-refractivity contribution in [3.05, 3.63) is 16.4 Å². The quantitative estimate of drug-likeness (QED) is 0.558. The molecule has 0 amide bonds. The van der Waals surface area contributed by atoms with Gasteiger partial charge in [0.15, 0.2) is 0 Å². The molecular formula is C4H5FN2S. The predicted octanol–water partition coefficient (Wildman–Crippen LogP) is 1.54. The second-order valence-electron chi connectivity index (χ2n) is 1.40. The van der Waals surface area contributed by atoms with Crippen molar-refractivity contribution in [2.45, 2.75) is 6.67 Å². The molecule has 0 aliphatic rings. The summed E-state index contributed by atoms with van der Waals surface area (Å²) in [5.41, 5.74) is 0.514. The lowest BCUT2D eigenvalue weighted by Crippen LogP contribution is -1.69. The Kier molecular flexibility index (Phi) is 1.43. The van der Waals surface area contributed by atoms with Crippen molar-refractivity contribution in [2.75, 3.05) is 0 Å². The number of nitrogens with one attached hydrogen (secondary N) is 2. The van der Waals surface area contributed by atoms with E-state index >= 15 is 0 Å². The van der Waals surface area contributed by atoms with Crippen molar-refractivity contribution < 1.29 is 4.39 Å². The summed E-state index contributed by atoms with van der Waals surface area (Å²) < 4.78 is 12.2. The molecule has 0 aliphatic heterocycles. The molecule has 0 spiro atoms. The predicted molar refractivity (Wildman–Crippen MR) is 30.8 cm³/mol. The van der Waals surface area contributed by atoms with Gasteiger partial charge in [0.1, 0.15) is 11.3 Å². The van der Waals surface area contributed by atoms with Crippen molar-refractivity contribution in [2.24, 2.45) is 0 Å². The first-order valence-corrected chi connectivity index (χ1v) is 2.56. The molecule has 0 unspecified atom stereocenters. The van der Waals surface area contributed by atoms with E-state index < -0.39 is 6.67 Å². The fraction of sp³-hybridized carbons (Fsp3) is 0.250. The highest BCUT2D eigenvalue weighted by Crippen LogP contribution is 1.98. The first-order valence-electron chi connectivity index (χ1n) is 2.15. The third kappa shape index (κ3) is 0.790. The van der Waals surface area contributed by atoms with Gasteiger partial charge in [-0.05, 0) is 0 Å². The van der Waals surface area contributed by atoms with Crippen LogP contribution in [0.25, 0.3) is 0 Å². The van der Waals surface area contributed by atoms with Crippen molar-refractivity contribution in [1.29, 1.82) is 0 Å². The Labute approximate surface area is 50.7 Å². The molecule has 0 saturated carbocycles. The van der Waals surface area contributed by atoms with Gasteiger partial charge in [-0.1, -0.05) is 12.2 Å². The molecule has 0 fully saturated rings. The van der Waals surface area contributed by atoms with Gasteiger partial charge in [0.2, 0.25) is 0 Å². The largest absolute Gasteiger partial charge is 0.307 e. The maximum atomic E-state index is 11.7. The molecule has 2 nitrogen and oxygen atoms in total. The molecule has 0 aromatic carbocycles. The highest BCUT2D eigenvalue weighted by Gasteiger charge is 1.91. The van der Waals surface area contributed by atoms with Crippen LogP contribution in [0.15, 0.2) is 6.20 Å². The standard InChI is InChI=1S/C4H5FN2S/c5-1-3-2-6-7-4(3)8/h2H,1H2,(H2,6,7,8). The minimum Gasteiger partial charge on any atom is -0.307 e. The van der Waals surface area contributed by atoms with Gasteiger partial charge in [-0.3, -0.25) is 5.10 Å². The first-order chi connectivity index (χ1) is 3.84. The Bertz CT molecular complexity index is 214. The van der Waals surface area contributed by atoms with E-state index in [0.29, 0.717) is 10.2 Å². The third-order valence-electron chi connectivity index (χ3n) is 0.868. The van der Waals surface area contributed by atoms with Crippen LogP contribution in [0.4, 0.5) is 4.39 Å². The van der Waals surface area contributed by atoms with Crippen LogP contribution in [0, 0.1) is 4.64 Å². The molecule has 0 saturated heterocycles. The lowest BCUT2D eigenvalue weighted by Gasteiger charge is -1.76. The van der Waals surface area contributed by atoms with Crippen molar-refractivity contribution in [3.8, 4) is 0 Å². The number of alkyl halides is 1. The second-order valence-corrected chi connectivity index (χ2v) is 1.81. The van der Waals surface area contributed by atoms with E-state index in [0.717, 1.165) is 0 Å². The van der Waals surface area contributed by atoms with Crippen LogP contribution in [-0.4, -0.2) is 10.2 Å². The van der Waals surface area contributed by atoms with Crippen LogP contribution in [0.2, 0.25) is 0 Å². The lowest BCUT2D eigenvalue weighted by atomic mass is 10.4. The summed E-state index contributed by atoms with van der Waals surface area (Å²) in [5, 5.41) is 5.15. The Morgan fingerprint density at radius 1 is 1.75 bits per heavy atom. The van der Waals surface area contributed by atoms with Gasteiger partial charge in [-0.2, -0.15) is 0 Å². The monoisotopic (exact) mass is 132 g/mol. The Morgan fingerprint density at radius 3 is 2.75 bits per heavy atom. The van der Waals surface area contributed by atoms with E-state index in [1.807, 2.05) is 0 Å². The van der Waals surface area contributed by atoms with E-state index in [1.165, 1.54) is 6.20 Å². The fourth-order valence-electron chi connectivity index (χ4n) is 0.434. The van der Waals surface area contributed by atoms with E-state index in [9.17, 15) is 4.39 Å². The summed E-state index contributed by atoms with van der Waals surface area (Å²) in [4.78, 5) is 0. The molecule has 1 aromatic rings. The van der Waals surface area contributed by atoms with Crippen molar-refractivity contribution in [3.63, 3.8) is 0 Å². The molecule has 0 bridgehead atoms. The molecule has 1 heterocycles. The summed E-state index contributed by atoms with van der Waals surface area (Å²) in [6.07, 6.45) is 1.52. The molecule has 0 radical (unpaired) electrons. The normalized spacial score (nSPS) is 9.62. The van der Waals surface area contributed by atoms with Crippen LogP contribution in [0.3, 0.4) is 0 Å². The minimum absolute atomic E-state index is 0.451. The maximum absolute atomic E-state index is 11.7. The molecule has 1 rings (SSSR count). The van der Waals surface area contributed by atoms with Crippen LogP contribution in [-0.2, 0) is 6.67 Å². The molecule has 44 valence electrons. The number of halogens is 1. The molecule has 4 heteroatoms. The summed E-state index contributed by atoms with van der Waals surface area (Å²) in [6, 6.07) is 0. The Hall–Kier alpha value is -0.640. The summed E-state index contributed by atoms with van der Waals surface area (Å²) in [6.45, 7) is -0.501. The van der Waals surface area contributed by atoms with Gasteiger partial charge < -0.3 is 5.10 Å². The first kappa shape index (κ1) is 5.50.